The number of benzene rings is 2. The van der Waals surface area contributed by atoms with Crippen LogP contribution in [0.25, 0.3) is 11.3 Å². The van der Waals surface area contributed by atoms with Gasteiger partial charge in [0.25, 0.3) is 0 Å². The normalized spacial score (nSPS) is 13.9. The molecule has 348 valence electrons. The topological polar surface area (TPSA) is 186 Å². The van der Waals surface area contributed by atoms with Crippen LogP contribution in [0.4, 0.5) is 27.0 Å². The third-order valence-corrected chi connectivity index (χ3v) is 9.64. The molecule has 64 heavy (non-hydrogen) atoms. The van der Waals surface area contributed by atoms with Gasteiger partial charge in [-0.1, -0.05) is 37.3 Å². The van der Waals surface area contributed by atoms with Crippen molar-refractivity contribution in [3.05, 3.63) is 78.6 Å². The molecule has 18 nitrogen and oxygen atoms in total. The Balaban J connectivity index is 0.977. The van der Waals surface area contributed by atoms with Crippen LogP contribution in [-0.4, -0.2) is 144 Å². The minimum Gasteiger partial charge on any atom is -0.493 e. The lowest BCUT2D eigenvalue weighted by Gasteiger charge is -2.41. The van der Waals surface area contributed by atoms with Gasteiger partial charge in [0, 0.05) is 62.0 Å². The van der Waals surface area contributed by atoms with E-state index in [0.29, 0.717) is 114 Å². The number of nitrogens with zero attached hydrogens (tertiary/aromatic N) is 5. The molecule has 2 aromatic heterocycles. The molecule has 0 aliphatic carbocycles. The molecule has 4 aromatic rings. The predicted octanol–water partition coefficient (Wildman–Crippen LogP) is 6.51. The fourth-order valence-corrected chi connectivity index (χ4v) is 6.49. The van der Waals surface area contributed by atoms with E-state index in [2.05, 4.69) is 27.4 Å². The van der Waals surface area contributed by atoms with Gasteiger partial charge < -0.3 is 63.1 Å². The number of methoxy groups -OCH3 is 2. The van der Waals surface area contributed by atoms with Crippen molar-refractivity contribution in [1.29, 1.82) is 0 Å². The monoisotopic (exact) mass is 889 g/mol. The van der Waals surface area contributed by atoms with Gasteiger partial charge in [0.15, 0.2) is 11.5 Å². The molecule has 0 radical (unpaired) electrons. The highest BCUT2D eigenvalue weighted by Crippen LogP contribution is 2.41. The predicted molar refractivity (Wildman–Crippen MR) is 241 cm³/mol. The average Bonchev–Trinajstić information content (AvgIpc) is 3.30. The highest BCUT2D eigenvalue weighted by molar-refractivity contribution is 5.70. The first-order valence-corrected chi connectivity index (χ1v) is 21.5. The molecule has 18 heteroatoms. The number of pyridine rings is 1. The summed E-state index contributed by atoms with van der Waals surface area (Å²) in [6.45, 7) is 13.5. The summed E-state index contributed by atoms with van der Waals surface area (Å²) < 4.78 is 50.4. The summed E-state index contributed by atoms with van der Waals surface area (Å²) in [6.07, 6.45) is 3.52. The summed E-state index contributed by atoms with van der Waals surface area (Å²) in [5.74, 6) is 2.56. The molecule has 2 aromatic carbocycles. The van der Waals surface area contributed by atoms with Crippen LogP contribution in [0.5, 0.6) is 17.2 Å². The van der Waals surface area contributed by atoms with Gasteiger partial charge >= 0.3 is 12.2 Å². The molecule has 1 fully saturated rings. The molecule has 0 spiro atoms. The van der Waals surface area contributed by atoms with Crippen molar-refractivity contribution < 1.29 is 52.2 Å². The lowest BCUT2D eigenvalue weighted by molar-refractivity contribution is -0.00435. The van der Waals surface area contributed by atoms with E-state index in [1.807, 2.05) is 74.2 Å². The molecule has 1 aliphatic rings. The van der Waals surface area contributed by atoms with Gasteiger partial charge in [0.1, 0.15) is 24.6 Å². The lowest BCUT2D eigenvalue weighted by atomic mass is 10.1. The fraction of sp³-hybridized carbons (Fsp3) is 0.500. The molecule has 1 aliphatic heterocycles. The number of ether oxygens (including phenoxy) is 9. The molecule has 0 saturated carbocycles. The Kier molecular flexibility index (Phi) is 19.9. The van der Waals surface area contributed by atoms with E-state index < -0.39 is 11.7 Å². The molecular formula is C46H63N7O11. The number of nitrogens with one attached hydrogen (secondary N) is 2. The van der Waals surface area contributed by atoms with E-state index >= 15 is 0 Å². The van der Waals surface area contributed by atoms with E-state index in [4.69, 9.17) is 52.6 Å². The number of amides is 2. The fourth-order valence-electron chi connectivity index (χ4n) is 6.49. The molecule has 1 unspecified atom stereocenters. The van der Waals surface area contributed by atoms with E-state index in [1.165, 1.54) is 0 Å². The molecule has 5 rings (SSSR count). The Morgan fingerprint density at radius 3 is 2.12 bits per heavy atom. The Bertz CT molecular complexity index is 2000. The maximum Gasteiger partial charge on any atom is 0.410 e. The summed E-state index contributed by atoms with van der Waals surface area (Å²) in [7, 11) is 3.10. The number of alkyl carbamates (subject to hydrolysis) is 1. The zero-order valence-electron chi connectivity index (χ0n) is 37.8. The highest BCUT2D eigenvalue weighted by atomic mass is 16.6. The van der Waals surface area contributed by atoms with E-state index in [9.17, 15) is 9.59 Å². The van der Waals surface area contributed by atoms with Crippen LogP contribution in [-0.2, 0) is 35.0 Å². The molecule has 2 amide bonds. The van der Waals surface area contributed by atoms with Crippen LogP contribution in [0.15, 0.2) is 73.1 Å². The Labute approximate surface area is 375 Å². The number of hydrogen-bond acceptors (Lipinski definition) is 16. The third kappa shape index (κ3) is 16.3. The van der Waals surface area contributed by atoms with Crippen molar-refractivity contribution in [2.24, 2.45) is 0 Å². The van der Waals surface area contributed by atoms with Gasteiger partial charge in [0.2, 0.25) is 11.7 Å². The van der Waals surface area contributed by atoms with Crippen LogP contribution >= 0.6 is 0 Å². The Morgan fingerprint density at radius 1 is 0.797 bits per heavy atom. The van der Waals surface area contributed by atoms with E-state index in [-0.39, 0.29) is 25.3 Å². The summed E-state index contributed by atoms with van der Waals surface area (Å²) >= 11 is 0. The van der Waals surface area contributed by atoms with Crippen LogP contribution in [0.2, 0.25) is 0 Å². The zero-order valence-corrected chi connectivity index (χ0v) is 37.8. The van der Waals surface area contributed by atoms with Gasteiger partial charge in [-0.05, 0) is 51.0 Å². The van der Waals surface area contributed by atoms with Crippen molar-refractivity contribution in [2.75, 3.05) is 110 Å². The number of aromatic nitrogens is 3. The SMILES string of the molecule is CCC1CN(c2ccc(-c3ccnc(Nc4cc(OC)c(OC)c(OCCOCCOCCOCCOCCNC(=O)OCc5ccccc5)c4)n3)cn2)CCN1C(=O)OC(C)(C)C. The molecular weight excluding hydrogens is 827 g/mol. The van der Waals surface area contributed by atoms with Crippen LogP contribution in [0.3, 0.4) is 0 Å². The first-order valence-electron chi connectivity index (χ1n) is 21.5. The largest absolute Gasteiger partial charge is 0.493 e. The smallest absolute Gasteiger partial charge is 0.410 e. The number of carbonyl (C=O) groups excluding carboxylic acids is 2. The van der Waals surface area contributed by atoms with Gasteiger partial charge in [-0.3, -0.25) is 0 Å². The van der Waals surface area contributed by atoms with Crippen molar-refractivity contribution >= 4 is 29.6 Å². The van der Waals surface area contributed by atoms with Crippen molar-refractivity contribution in [2.45, 2.75) is 52.4 Å². The van der Waals surface area contributed by atoms with Crippen LogP contribution < -0.4 is 29.7 Å². The second kappa shape index (κ2) is 26.0. The maximum absolute atomic E-state index is 12.8. The van der Waals surface area contributed by atoms with Crippen LogP contribution in [0, 0.1) is 0 Å². The third-order valence-electron chi connectivity index (χ3n) is 9.64. The first-order chi connectivity index (χ1) is 31.1. The molecule has 1 atom stereocenters. The van der Waals surface area contributed by atoms with Crippen molar-refractivity contribution in [1.82, 2.24) is 25.2 Å². The minimum absolute atomic E-state index is 0.0199. The summed E-state index contributed by atoms with van der Waals surface area (Å²) in [6, 6.07) is 18.9. The number of anilines is 3. The number of rotatable bonds is 25. The number of piperazine rings is 1. The van der Waals surface area contributed by atoms with Crippen molar-refractivity contribution in [3.8, 4) is 28.5 Å². The Morgan fingerprint density at radius 2 is 1.48 bits per heavy atom. The highest BCUT2D eigenvalue weighted by Gasteiger charge is 2.33. The Hall–Kier alpha value is -5.95. The van der Waals surface area contributed by atoms with Gasteiger partial charge in [-0.25, -0.2) is 24.5 Å². The van der Waals surface area contributed by atoms with Crippen LogP contribution in [0.1, 0.15) is 39.7 Å². The van der Waals surface area contributed by atoms with Gasteiger partial charge in [0.05, 0.1) is 78.8 Å². The summed E-state index contributed by atoms with van der Waals surface area (Å²) in [4.78, 5) is 42.6. The van der Waals surface area contributed by atoms with Crippen molar-refractivity contribution in [3.63, 3.8) is 0 Å². The molecule has 2 N–H and O–H groups in total. The minimum atomic E-state index is -0.545. The average molecular weight is 890 g/mol. The number of hydrogen-bond donors (Lipinski definition) is 2. The van der Waals surface area contributed by atoms with E-state index in [1.54, 1.807) is 38.7 Å². The molecule has 1 saturated heterocycles. The zero-order chi connectivity index (χ0) is 45.6. The second-order valence-electron chi connectivity index (χ2n) is 15.5. The maximum atomic E-state index is 12.8. The lowest BCUT2D eigenvalue weighted by Crippen LogP contribution is -2.56. The van der Waals surface area contributed by atoms with E-state index in [0.717, 1.165) is 23.4 Å². The second-order valence-corrected chi connectivity index (χ2v) is 15.5. The standard InChI is InChI=1S/C46H63N7O11/c1-7-37-32-52(18-19-53(37)45(55)64-46(2,3)4)41-14-13-35(31-49-41)38-15-16-47-43(51-38)50-36-29-39(56-5)42(57-6)40(30-36)62-28-27-61-26-25-60-24-23-59-22-21-58-20-17-48-44(54)63-33-34-11-9-8-10-12-34/h8-16,29-31,37H,7,17-28,32-33H2,1-6H3,(H,48,54)(H,47,50,51). The molecule has 0 bridgehead atoms. The number of carbonyl (C=O) groups is 2. The summed E-state index contributed by atoms with van der Waals surface area (Å²) in [5, 5.41) is 5.91. The first kappa shape index (κ1) is 49.1. The summed E-state index contributed by atoms with van der Waals surface area (Å²) in [5.41, 5.74) is 2.53. The van der Waals surface area contributed by atoms with Gasteiger partial charge in [-0.15, -0.1) is 0 Å². The quantitative estimate of drug-likeness (QED) is 0.0686. The molecule has 3 heterocycles. The van der Waals surface area contributed by atoms with Gasteiger partial charge in [-0.2, -0.15) is 0 Å².